The third-order valence-electron chi connectivity index (χ3n) is 6.06. The number of carbonyl (C=O) groups excluding carboxylic acids is 1. The summed E-state index contributed by atoms with van der Waals surface area (Å²) in [5.74, 6) is -1.34. The van der Waals surface area contributed by atoms with Crippen molar-refractivity contribution in [1.82, 2.24) is 0 Å². The van der Waals surface area contributed by atoms with Crippen molar-refractivity contribution in [3.8, 4) is 28.4 Å². The Labute approximate surface area is 213 Å². The molecule has 0 aliphatic carbocycles. The fraction of sp³-hybridized carbons (Fsp3) is 0.320. The van der Waals surface area contributed by atoms with Gasteiger partial charge in [0.25, 0.3) is 0 Å². The molecule has 1 saturated heterocycles. The number of benzene rings is 2. The predicted octanol–water partition coefficient (Wildman–Crippen LogP) is 0.393. The summed E-state index contributed by atoms with van der Waals surface area (Å²) >= 11 is 0. The first-order valence-corrected chi connectivity index (χ1v) is 11.4. The van der Waals surface area contributed by atoms with Crippen molar-refractivity contribution >= 4 is 22.9 Å². The fourth-order valence-corrected chi connectivity index (χ4v) is 4.07. The molecule has 2 aliphatic rings. The Hall–Kier alpha value is -4.17. The largest absolute Gasteiger partial charge is 0.481 e. The van der Waals surface area contributed by atoms with E-state index in [0.29, 0.717) is 28.0 Å². The van der Waals surface area contributed by atoms with Crippen LogP contribution >= 0.6 is 0 Å². The number of carboxylic acids is 1. The number of carbonyl (C=O) groups is 2. The zero-order valence-corrected chi connectivity index (χ0v) is 19.5. The van der Waals surface area contributed by atoms with Gasteiger partial charge in [0.15, 0.2) is 11.5 Å². The minimum atomic E-state index is -1.70. The van der Waals surface area contributed by atoms with Crippen molar-refractivity contribution in [2.45, 2.75) is 37.1 Å². The summed E-state index contributed by atoms with van der Waals surface area (Å²) in [4.78, 5) is 35.2. The molecule has 3 aromatic rings. The number of ether oxygens (including phenoxy) is 5. The summed E-state index contributed by atoms with van der Waals surface area (Å²) in [5.41, 5.74) is 0.838. The highest BCUT2D eigenvalue weighted by Gasteiger charge is 2.45. The van der Waals surface area contributed by atoms with Crippen LogP contribution in [0.3, 0.4) is 0 Å². The average Bonchev–Trinajstić information content (AvgIpc) is 3.35. The van der Waals surface area contributed by atoms with Crippen LogP contribution in [0.4, 0.5) is 0 Å². The van der Waals surface area contributed by atoms with Gasteiger partial charge < -0.3 is 48.5 Å². The number of aliphatic hydroxyl groups excluding tert-OH is 3. The summed E-state index contributed by atoms with van der Waals surface area (Å²) in [5, 5.41) is 39.6. The second-order valence-corrected chi connectivity index (χ2v) is 8.59. The lowest BCUT2D eigenvalue weighted by atomic mass is 9.99. The lowest BCUT2D eigenvalue weighted by Gasteiger charge is -2.39. The van der Waals surface area contributed by atoms with Crippen molar-refractivity contribution in [2.24, 2.45) is 0 Å². The molecule has 0 radical (unpaired) electrons. The predicted molar refractivity (Wildman–Crippen MR) is 125 cm³/mol. The van der Waals surface area contributed by atoms with Gasteiger partial charge in [-0.1, -0.05) is 12.1 Å². The molecule has 200 valence electrons. The summed E-state index contributed by atoms with van der Waals surface area (Å²) < 4.78 is 32.1. The van der Waals surface area contributed by atoms with Crippen LogP contribution in [0.5, 0.6) is 17.2 Å². The van der Waals surface area contributed by atoms with Crippen LogP contribution < -0.4 is 19.6 Å². The van der Waals surface area contributed by atoms with E-state index in [-0.39, 0.29) is 23.5 Å². The molecule has 13 nitrogen and oxygen atoms in total. The first-order valence-electron chi connectivity index (χ1n) is 11.4. The molecule has 0 amide bonds. The van der Waals surface area contributed by atoms with Gasteiger partial charge in [-0.15, -0.1) is 0 Å². The molecular formula is C25H22O13. The van der Waals surface area contributed by atoms with E-state index in [0.717, 1.165) is 0 Å². The molecule has 38 heavy (non-hydrogen) atoms. The second kappa shape index (κ2) is 10.3. The molecule has 1 fully saturated rings. The van der Waals surface area contributed by atoms with Crippen LogP contribution in [0, 0.1) is 0 Å². The van der Waals surface area contributed by atoms with E-state index in [2.05, 4.69) is 0 Å². The van der Waals surface area contributed by atoms with Gasteiger partial charge in [-0.2, -0.15) is 0 Å². The Bertz CT molecular complexity index is 1410. The van der Waals surface area contributed by atoms with E-state index in [9.17, 15) is 29.7 Å². The molecule has 1 aromatic heterocycles. The highest BCUT2D eigenvalue weighted by Crippen LogP contribution is 2.36. The number of carboxylic acid groups (broad SMARTS) is 1. The third-order valence-corrected chi connectivity index (χ3v) is 6.06. The molecule has 3 heterocycles. The lowest BCUT2D eigenvalue weighted by Crippen LogP contribution is -2.60. The standard InChI is InChI=1S/C25H22O13/c26-19(27)7-20(28)34-9-18-22(30)23(31)24(32)25(38-18)37-12-3-1-11(2-4-12)14-8-33-15-6-17-16(35-10-36-17)5-13(15)21(14)29/h1-6,8,18,22-25,30-32H,7,9-10H2,(H,26,27)/t18-,22-,23+,24-,25-/m1/s1. The van der Waals surface area contributed by atoms with Gasteiger partial charge in [0.2, 0.25) is 18.5 Å². The van der Waals surface area contributed by atoms with E-state index < -0.39 is 55.7 Å². The van der Waals surface area contributed by atoms with E-state index >= 15 is 0 Å². The Morgan fingerprint density at radius 3 is 2.39 bits per heavy atom. The van der Waals surface area contributed by atoms with Crippen LogP contribution in [-0.4, -0.2) is 76.5 Å². The molecule has 2 aromatic carbocycles. The van der Waals surface area contributed by atoms with Gasteiger partial charge in [-0.05, 0) is 23.8 Å². The van der Waals surface area contributed by atoms with Crippen molar-refractivity contribution in [2.75, 3.05) is 13.4 Å². The first-order chi connectivity index (χ1) is 18.2. The molecule has 5 rings (SSSR count). The quantitative estimate of drug-likeness (QED) is 0.243. The first kappa shape index (κ1) is 25.5. The zero-order valence-electron chi connectivity index (χ0n) is 19.5. The van der Waals surface area contributed by atoms with Gasteiger partial charge in [-0.25, -0.2) is 0 Å². The SMILES string of the molecule is O=C(O)CC(=O)OC[C@H]1O[C@@H](Oc2ccc(-c3coc4cc5c(cc4c3=O)OCO5)cc2)[C@H](O)[C@@H](O)[C@@H]1O. The van der Waals surface area contributed by atoms with E-state index in [1.807, 2.05) is 0 Å². The number of esters is 1. The summed E-state index contributed by atoms with van der Waals surface area (Å²) in [6, 6.07) is 9.28. The number of rotatable bonds is 7. The lowest BCUT2D eigenvalue weighted by molar-refractivity contribution is -0.278. The Kier molecular flexibility index (Phi) is 6.91. The summed E-state index contributed by atoms with van der Waals surface area (Å²) in [7, 11) is 0. The fourth-order valence-electron chi connectivity index (χ4n) is 4.07. The van der Waals surface area contributed by atoms with Crippen molar-refractivity contribution in [3.63, 3.8) is 0 Å². The van der Waals surface area contributed by atoms with Crippen LogP contribution in [0.1, 0.15) is 6.42 Å². The Morgan fingerprint density at radius 1 is 0.974 bits per heavy atom. The molecule has 4 N–H and O–H groups in total. The second-order valence-electron chi connectivity index (χ2n) is 8.59. The maximum absolute atomic E-state index is 13.1. The van der Waals surface area contributed by atoms with Crippen molar-refractivity contribution < 1.29 is 58.1 Å². The van der Waals surface area contributed by atoms with Crippen LogP contribution in [0.15, 0.2) is 51.9 Å². The minimum absolute atomic E-state index is 0.0557. The highest BCUT2D eigenvalue weighted by atomic mass is 16.7. The molecule has 0 bridgehead atoms. The van der Waals surface area contributed by atoms with E-state index in [1.54, 1.807) is 24.3 Å². The molecule has 5 atom stereocenters. The highest BCUT2D eigenvalue weighted by molar-refractivity contribution is 5.90. The molecular weight excluding hydrogens is 508 g/mol. The van der Waals surface area contributed by atoms with Gasteiger partial charge >= 0.3 is 11.9 Å². The number of hydrogen-bond donors (Lipinski definition) is 4. The summed E-state index contributed by atoms with van der Waals surface area (Å²) in [6.45, 7) is -0.520. The third kappa shape index (κ3) is 4.99. The van der Waals surface area contributed by atoms with Gasteiger partial charge in [-0.3, -0.25) is 14.4 Å². The molecule has 0 unspecified atom stereocenters. The van der Waals surface area contributed by atoms with Gasteiger partial charge in [0.1, 0.15) is 55.0 Å². The van der Waals surface area contributed by atoms with Crippen LogP contribution in [0.25, 0.3) is 22.1 Å². The van der Waals surface area contributed by atoms with Gasteiger partial charge in [0, 0.05) is 6.07 Å². The monoisotopic (exact) mass is 530 g/mol. The normalized spacial score (nSPS) is 24.2. The molecule has 2 aliphatic heterocycles. The maximum atomic E-state index is 13.1. The van der Waals surface area contributed by atoms with Crippen molar-refractivity contribution in [3.05, 3.63) is 52.9 Å². The van der Waals surface area contributed by atoms with Crippen LogP contribution in [-0.2, 0) is 19.1 Å². The molecule has 0 saturated carbocycles. The van der Waals surface area contributed by atoms with E-state index in [4.69, 9.17) is 33.2 Å². The smallest absolute Gasteiger partial charge is 0.317 e. The molecule has 13 heteroatoms. The molecule has 0 spiro atoms. The average molecular weight is 530 g/mol. The minimum Gasteiger partial charge on any atom is -0.481 e. The number of aliphatic hydroxyl groups is 3. The maximum Gasteiger partial charge on any atom is 0.317 e. The van der Waals surface area contributed by atoms with Crippen molar-refractivity contribution in [1.29, 1.82) is 0 Å². The number of fused-ring (bicyclic) bond motifs is 2. The Balaban J connectivity index is 1.30. The Morgan fingerprint density at radius 2 is 1.68 bits per heavy atom. The zero-order chi connectivity index (χ0) is 27.0. The number of aliphatic carboxylic acids is 1. The number of hydrogen-bond acceptors (Lipinski definition) is 12. The van der Waals surface area contributed by atoms with Gasteiger partial charge in [0.05, 0.1) is 10.9 Å². The topological polar surface area (TPSA) is 191 Å². The summed E-state index contributed by atoms with van der Waals surface area (Å²) in [6.07, 6.45) is -7.31. The van der Waals surface area contributed by atoms with E-state index in [1.165, 1.54) is 18.4 Å². The van der Waals surface area contributed by atoms with Crippen LogP contribution in [0.2, 0.25) is 0 Å².